The van der Waals surface area contributed by atoms with Crippen molar-refractivity contribution in [2.45, 2.75) is 51.6 Å². The number of hydrogen-bond donors (Lipinski definition) is 0. The molecule has 50 heavy (non-hydrogen) atoms. The first-order chi connectivity index (χ1) is 24.1. The summed E-state index contributed by atoms with van der Waals surface area (Å²) >= 11 is 0. The van der Waals surface area contributed by atoms with Gasteiger partial charge >= 0.3 is 6.85 Å². The van der Waals surface area contributed by atoms with Crippen molar-refractivity contribution in [3.05, 3.63) is 138 Å². The van der Waals surface area contributed by atoms with Crippen molar-refractivity contribution in [3.8, 4) is 33.5 Å². The van der Waals surface area contributed by atoms with Crippen LogP contribution < -0.4 is 26.2 Å². The molecule has 0 N–H and O–H groups in total. The van der Waals surface area contributed by atoms with Gasteiger partial charge in [-0.3, -0.25) is 0 Å². The SMILES string of the molecule is CC1(C)c2ccccc2-c2cc3c4c(c21)N1c2ccccc2[Si](C)(C)c2cccc(c21)B4n1c2c(c4cccc-3c41)C(C)(C)c1ccccc1-2. The van der Waals surface area contributed by atoms with Crippen molar-refractivity contribution in [2.75, 3.05) is 4.90 Å². The Labute approximate surface area is 295 Å². The molecule has 0 radical (unpaired) electrons. The lowest BCUT2D eigenvalue weighted by atomic mass is 9.44. The van der Waals surface area contributed by atoms with E-state index in [-0.39, 0.29) is 17.7 Å². The van der Waals surface area contributed by atoms with E-state index in [0.29, 0.717) is 0 Å². The molecule has 238 valence electrons. The average Bonchev–Trinajstić information content (AvgIpc) is 3.68. The Hall–Kier alpha value is -5.06. The largest absolute Gasteiger partial charge is 0.375 e. The molecule has 0 fully saturated rings. The standard InChI is InChI=1S/C46H37BN2Si/c1-45(2)32-19-9-7-15-26(32)30-25-31-27-17-13-18-29-38-42(28-16-8-10-20-33(28)46(38,3)4)49(41(27)29)47-34-21-14-24-37-43(34)48(44(39(30)45)40(31)47)35-22-11-12-23-36(35)50(37,5)6/h7-25H,1-6H3. The van der Waals surface area contributed by atoms with Crippen LogP contribution >= 0.6 is 0 Å². The van der Waals surface area contributed by atoms with Crippen LogP contribution in [-0.2, 0) is 10.8 Å². The fourth-order valence-corrected chi connectivity index (χ4v) is 14.4. The minimum atomic E-state index is -2.04. The van der Waals surface area contributed by atoms with Crippen LogP contribution in [0.2, 0.25) is 13.1 Å². The Balaban J connectivity index is 1.34. The minimum Gasteiger partial charge on any atom is -0.375 e. The third kappa shape index (κ3) is 2.81. The summed E-state index contributed by atoms with van der Waals surface area (Å²) in [6, 6.07) is 44.8. The second-order valence-corrected chi connectivity index (χ2v) is 21.2. The highest BCUT2D eigenvalue weighted by molar-refractivity contribution is 7.04. The number of para-hydroxylation sites is 3. The monoisotopic (exact) mass is 656 g/mol. The van der Waals surface area contributed by atoms with Crippen LogP contribution in [0.4, 0.5) is 17.1 Å². The van der Waals surface area contributed by atoms with Gasteiger partial charge in [-0.2, -0.15) is 0 Å². The van der Waals surface area contributed by atoms with E-state index in [0.717, 1.165) is 0 Å². The molecule has 2 nitrogen and oxygen atoms in total. The van der Waals surface area contributed by atoms with E-state index in [1.165, 1.54) is 99.8 Å². The second-order valence-electron chi connectivity index (χ2n) is 16.9. The van der Waals surface area contributed by atoms with E-state index >= 15 is 0 Å². The van der Waals surface area contributed by atoms with E-state index in [1.807, 2.05) is 0 Å². The summed E-state index contributed by atoms with van der Waals surface area (Å²) in [7, 11) is -2.04. The lowest BCUT2D eigenvalue weighted by Gasteiger charge is -2.49. The van der Waals surface area contributed by atoms with E-state index < -0.39 is 8.07 Å². The van der Waals surface area contributed by atoms with E-state index in [9.17, 15) is 0 Å². The summed E-state index contributed by atoms with van der Waals surface area (Å²) in [6.45, 7) is 15.0. The number of fused-ring (bicyclic) bond motifs is 15. The van der Waals surface area contributed by atoms with Crippen molar-refractivity contribution in [1.29, 1.82) is 0 Å². The van der Waals surface area contributed by atoms with Crippen LogP contribution in [0.3, 0.4) is 0 Å². The van der Waals surface area contributed by atoms with Gasteiger partial charge in [0.05, 0.1) is 0 Å². The van der Waals surface area contributed by atoms with Crippen LogP contribution in [0.1, 0.15) is 49.9 Å². The molecule has 0 saturated heterocycles. The molecule has 0 saturated carbocycles. The van der Waals surface area contributed by atoms with Gasteiger partial charge in [0, 0.05) is 55.6 Å². The van der Waals surface area contributed by atoms with Crippen molar-refractivity contribution in [1.82, 2.24) is 4.48 Å². The first-order valence-electron chi connectivity index (χ1n) is 18.3. The summed E-state index contributed by atoms with van der Waals surface area (Å²) in [6.07, 6.45) is 0. The third-order valence-electron chi connectivity index (χ3n) is 13.5. The Morgan fingerprint density at radius 1 is 0.560 bits per heavy atom. The van der Waals surface area contributed by atoms with Gasteiger partial charge in [0.2, 0.25) is 0 Å². The number of nitrogens with zero attached hydrogens (tertiary/aromatic N) is 2. The predicted octanol–water partition coefficient (Wildman–Crippen LogP) is 8.81. The van der Waals surface area contributed by atoms with Gasteiger partial charge in [-0.15, -0.1) is 0 Å². The van der Waals surface area contributed by atoms with Crippen LogP contribution in [0.15, 0.2) is 115 Å². The van der Waals surface area contributed by atoms with Crippen molar-refractivity contribution >= 4 is 64.2 Å². The Morgan fingerprint density at radius 3 is 2.02 bits per heavy atom. The summed E-state index contributed by atoms with van der Waals surface area (Å²) in [5.41, 5.74) is 22.4. The molecule has 1 aromatic heterocycles. The zero-order chi connectivity index (χ0) is 33.6. The summed E-state index contributed by atoms with van der Waals surface area (Å²) < 4.78 is 2.81. The Bertz CT molecular complexity index is 2760. The molecule has 0 amide bonds. The highest BCUT2D eigenvalue weighted by atomic mass is 28.3. The normalized spacial score (nSPS) is 17.8. The van der Waals surface area contributed by atoms with Gasteiger partial charge in [-0.1, -0.05) is 144 Å². The van der Waals surface area contributed by atoms with Crippen molar-refractivity contribution in [3.63, 3.8) is 0 Å². The smallest absolute Gasteiger partial charge is 0.333 e. The highest BCUT2D eigenvalue weighted by Crippen LogP contribution is 2.59. The number of rotatable bonds is 0. The molecule has 5 aliphatic rings. The highest BCUT2D eigenvalue weighted by Gasteiger charge is 2.53. The molecular weight excluding hydrogens is 619 g/mol. The quantitative estimate of drug-likeness (QED) is 0.148. The topological polar surface area (TPSA) is 8.17 Å². The Kier molecular flexibility index (Phi) is 4.68. The fourth-order valence-electron chi connectivity index (χ4n) is 11.4. The number of aromatic nitrogens is 1. The number of anilines is 3. The molecule has 2 aliphatic carbocycles. The van der Waals surface area contributed by atoms with Crippen molar-refractivity contribution in [2.24, 2.45) is 0 Å². The molecule has 12 rings (SSSR count). The molecule has 0 atom stereocenters. The first kappa shape index (κ1) is 27.7. The number of benzene rings is 6. The van der Waals surface area contributed by atoms with Gasteiger partial charge in [-0.25, -0.2) is 0 Å². The molecule has 3 aliphatic heterocycles. The van der Waals surface area contributed by atoms with Gasteiger partial charge in [0.1, 0.15) is 8.07 Å². The molecule has 4 heterocycles. The molecular formula is C46H37BN2Si. The summed E-state index contributed by atoms with van der Waals surface area (Å²) in [4.78, 5) is 2.74. The van der Waals surface area contributed by atoms with E-state index in [1.54, 1.807) is 5.19 Å². The lowest BCUT2D eigenvalue weighted by molar-refractivity contribution is 0.661. The van der Waals surface area contributed by atoms with Crippen LogP contribution in [0, 0.1) is 0 Å². The van der Waals surface area contributed by atoms with Gasteiger partial charge in [0.25, 0.3) is 0 Å². The van der Waals surface area contributed by atoms with Crippen LogP contribution in [-0.4, -0.2) is 19.4 Å². The van der Waals surface area contributed by atoms with Gasteiger partial charge in [-0.05, 0) is 72.4 Å². The van der Waals surface area contributed by atoms with Gasteiger partial charge < -0.3 is 9.38 Å². The van der Waals surface area contributed by atoms with E-state index in [2.05, 4.69) is 165 Å². The van der Waals surface area contributed by atoms with Crippen LogP contribution in [0.5, 0.6) is 0 Å². The maximum absolute atomic E-state index is 2.81. The third-order valence-corrected chi connectivity index (χ3v) is 17.0. The minimum absolute atomic E-state index is 0.0641. The molecule has 4 heteroatoms. The van der Waals surface area contributed by atoms with Gasteiger partial charge in [0.15, 0.2) is 0 Å². The molecule has 0 unspecified atom stereocenters. The number of hydrogen-bond acceptors (Lipinski definition) is 1. The fraction of sp³-hybridized carbons (Fsp3) is 0.174. The van der Waals surface area contributed by atoms with Crippen LogP contribution in [0.25, 0.3) is 44.4 Å². The average molecular weight is 657 g/mol. The molecule has 7 aromatic rings. The maximum Gasteiger partial charge on any atom is 0.333 e. The first-order valence-corrected chi connectivity index (χ1v) is 21.3. The van der Waals surface area contributed by atoms with E-state index in [4.69, 9.17) is 0 Å². The Morgan fingerprint density at radius 2 is 1.20 bits per heavy atom. The summed E-state index contributed by atoms with van der Waals surface area (Å²) in [5, 5.41) is 4.48. The zero-order valence-electron chi connectivity index (χ0n) is 29.4. The lowest BCUT2D eigenvalue weighted by Crippen LogP contribution is -2.66. The molecule has 0 bridgehead atoms. The van der Waals surface area contributed by atoms with Crippen molar-refractivity contribution < 1.29 is 0 Å². The summed E-state index contributed by atoms with van der Waals surface area (Å²) in [5.74, 6) is 0. The zero-order valence-corrected chi connectivity index (χ0v) is 30.4. The molecule has 6 aromatic carbocycles. The maximum atomic E-state index is 2.81. The molecule has 0 spiro atoms. The predicted molar refractivity (Wildman–Crippen MR) is 214 cm³/mol. The second kappa shape index (κ2) is 8.45.